The first-order chi connectivity index (χ1) is 31.8. The molecule has 0 aromatic heterocycles. The third kappa shape index (κ3) is 7.94. The van der Waals surface area contributed by atoms with Crippen LogP contribution < -0.4 is 0 Å². The van der Waals surface area contributed by atoms with Gasteiger partial charge < -0.3 is 89.4 Å². The number of ether oxygens (including phenoxy) is 6. The summed E-state index contributed by atoms with van der Waals surface area (Å²) in [6.07, 6.45) is -17.9. The van der Waals surface area contributed by atoms with Gasteiger partial charge in [-0.25, -0.2) is 4.79 Å². The van der Waals surface area contributed by atoms with Crippen molar-refractivity contribution < 1.29 is 99.0 Å². The van der Waals surface area contributed by atoms with E-state index >= 15 is 0 Å². The number of allylic oxidation sites excluding steroid dienone is 2. The molecule has 5 aliphatic carbocycles. The molecule has 24 unspecified atom stereocenters. The van der Waals surface area contributed by atoms with Gasteiger partial charge in [0.25, 0.3) is 0 Å². The monoisotopic (exact) mass is 970 g/mol. The van der Waals surface area contributed by atoms with E-state index in [0.29, 0.717) is 57.8 Å². The van der Waals surface area contributed by atoms with Crippen molar-refractivity contribution in [2.45, 2.75) is 204 Å². The molecule has 20 heteroatoms. The number of hydrogen-bond acceptors (Lipinski definition) is 19. The third-order valence-corrected chi connectivity index (χ3v) is 19.2. The van der Waals surface area contributed by atoms with E-state index < -0.39 is 140 Å². The zero-order chi connectivity index (χ0) is 49.8. The van der Waals surface area contributed by atoms with Crippen molar-refractivity contribution in [2.24, 2.45) is 50.2 Å². The molecule has 24 atom stereocenters. The topological polar surface area (TPSA) is 329 Å². The maximum atomic E-state index is 14.7. The van der Waals surface area contributed by atoms with Gasteiger partial charge in [0.2, 0.25) is 6.29 Å². The van der Waals surface area contributed by atoms with Crippen LogP contribution in [0.5, 0.6) is 0 Å². The molecule has 3 saturated heterocycles. The van der Waals surface area contributed by atoms with Crippen molar-refractivity contribution >= 4 is 18.2 Å². The molecule has 7 fully saturated rings. The van der Waals surface area contributed by atoms with E-state index in [4.69, 9.17) is 28.4 Å². The van der Waals surface area contributed by atoms with Crippen LogP contribution in [0.25, 0.3) is 0 Å². The third-order valence-electron chi connectivity index (χ3n) is 19.2. The summed E-state index contributed by atoms with van der Waals surface area (Å²) in [4.78, 5) is 40.7. The average molecular weight is 971 g/mol. The molecule has 0 bridgehead atoms. The van der Waals surface area contributed by atoms with Crippen molar-refractivity contribution in [3.05, 3.63) is 11.6 Å². The molecular weight excluding hydrogens is 897 g/mol. The van der Waals surface area contributed by atoms with E-state index in [2.05, 4.69) is 40.7 Å². The van der Waals surface area contributed by atoms with Crippen LogP contribution in [0.2, 0.25) is 0 Å². The fraction of sp³-hybridized carbons (Fsp3) is 0.896. The van der Waals surface area contributed by atoms with Gasteiger partial charge in [0.05, 0.1) is 30.1 Å². The molecule has 0 radical (unpaired) electrons. The van der Waals surface area contributed by atoms with Crippen LogP contribution in [0.4, 0.5) is 0 Å². The van der Waals surface area contributed by atoms with Gasteiger partial charge >= 0.3 is 11.9 Å². The van der Waals surface area contributed by atoms with Gasteiger partial charge in [0, 0.05) is 0 Å². The van der Waals surface area contributed by atoms with Gasteiger partial charge in [0.1, 0.15) is 73.4 Å². The minimum atomic E-state index is -2.04. The van der Waals surface area contributed by atoms with Gasteiger partial charge in [0.15, 0.2) is 18.7 Å². The fourth-order valence-corrected chi connectivity index (χ4v) is 14.9. The first kappa shape index (κ1) is 52.1. The number of aldehydes is 1. The number of carboxylic acid groups (broad SMARTS) is 1. The van der Waals surface area contributed by atoms with Crippen LogP contribution in [-0.4, -0.2) is 186 Å². The van der Waals surface area contributed by atoms with Gasteiger partial charge in [-0.1, -0.05) is 53.2 Å². The van der Waals surface area contributed by atoms with E-state index in [1.54, 1.807) is 0 Å². The lowest BCUT2D eigenvalue weighted by molar-refractivity contribution is -0.364. The Labute approximate surface area is 395 Å². The zero-order valence-corrected chi connectivity index (χ0v) is 39.7. The Morgan fingerprint density at radius 2 is 1.26 bits per heavy atom. The van der Waals surface area contributed by atoms with Gasteiger partial charge in [-0.3, -0.25) is 4.79 Å². The molecule has 11 N–H and O–H groups in total. The number of rotatable bonds is 10. The smallest absolute Gasteiger partial charge is 0.335 e. The number of fused-ring (bicyclic) bond motifs is 7. The quantitative estimate of drug-likeness (QED) is 0.0564. The van der Waals surface area contributed by atoms with E-state index in [-0.39, 0.29) is 34.0 Å². The number of aliphatic carboxylic acids is 1. The lowest BCUT2D eigenvalue weighted by Gasteiger charge is -2.71. The molecule has 68 heavy (non-hydrogen) atoms. The highest BCUT2D eigenvalue weighted by Crippen LogP contribution is 2.76. The Balaban J connectivity index is 1.04. The van der Waals surface area contributed by atoms with Gasteiger partial charge in [-0.15, -0.1) is 0 Å². The number of carbonyl (C=O) groups excluding carboxylic acids is 2. The van der Waals surface area contributed by atoms with Crippen LogP contribution in [0.3, 0.4) is 0 Å². The lowest BCUT2D eigenvalue weighted by atomic mass is 9.33. The molecule has 8 aliphatic rings. The second-order valence-corrected chi connectivity index (χ2v) is 23.2. The first-order valence-electron chi connectivity index (χ1n) is 24.3. The van der Waals surface area contributed by atoms with Crippen molar-refractivity contribution in [2.75, 3.05) is 13.2 Å². The largest absolute Gasteiger partial charge is 0.479 e. The Morgan fingerprint density at radius 3 is 1.87 bits per heavy atom. The molecule has 0 aromatic rings. The number of carbonyl (C=O) groups is 3. The predicted octanol–water partition coefficient (Wildman–Crippen LogP) is -0.588. The molecule has 8 rings (SSSR count). The summed E-state index contributed by atoms with van der Waals surface area (Å²) in [6.45, 7) is 11.6. The van der Waals surface area contributed by atoms with Crippen molar-refractivity contribution in [1.29, 1.82) is 0 Å². The van der Waals surface area contributed by atoms with Gasteiger partial charge in [-0.2, -0.15) is 0 Å². The Morgan fingerprint density at radius 1 is 0.676 bits per heavy atom. The number of aliphatic hydroxyl groups excluding tert-OH is 10. The minimum absolute atomic E-state index is 0.0623. The SMILES string of the molecule is CC1(C)CCC2(C(=O)OC3OC(CO)C(O)C(O)C3O)CCC3(C)C(=CCC4C5(C)CCC(OC6OC(C(=O)O)C(O)C(OC7OC(CO)C(O)C(O)C7O)C6O)C(C)(C=O)C5CCC43C)C2C1. The summed E-state index contributed by atoms with van der Waals surface area (Å²) in [5.41, 5.74) is -2.20. The summed E-state index contributed by atoms with van der Waals surface area (Å²) in [6, 6.07) is 0. The highest BCUT2D eigenvalue weighted by Gasteiger charge is 2.71. The Bertz CT molecular complexity index is 1930. The van der Waals surface area contributed by atoms with Crippen molar-refractivity contribution in [1.82, 2.24) is 0 Å². The standard InChI is InChI=1S/C48H74O20/c1-43(2)13-15-48(42(62)68-40-33(57)31(55)29(53)24(19-50)64-40)16-14-46(5)21(22(48)17-43)7-8-26-44(3)11-10-27(45(4,20-51)25(44)9-12-47(26,46)6)65-41-35(59)36(34(58)37(67-41)38(60)61)66-39-32(56)30(54)28(52)23(18-49)63-39/h7,20,22-37,39-41,49-50,52-59H,8-19H2,1-6H3,(H,60,61). The number of hydrogen-bond donors (Lipinski definition) is 11. The molecule has 3 heterocycles. The van der Waals surface area contributed by atoms with Crippen LogP contribution >= 0.6 is 0 Å². The van der Waals surface area contributed by atoms with Crippen LogP contribution in [0, 0.1) is 50.2 Å². The summed E-state index contributed by atoms with van der Waals surface area (Å²) >= 11 is 0. The van der Waals surface area contributed by atoms with E-state index in [9.17, 15) is 70.6 Å². The van der Waals surface area contributed by atoms with Crippen LogP contribution in [0.15, 0.2) is 11.6 Å². The predicted molar refractivity (Wildman–Crippen MR) is 231 cm³/mol. The average Bonchev–Trinajstić information content (AvgIpc) is 3.29. The Kier molecular flexibility index (Phi) is 14.1. The summed E-state index contributed by atoms with van der Waals surface area (Å²) in [7, 11) is 0. The molecule has 0 aromatic carbocycles. The molecular formula is C48H74O20. The highest BCUT2D eigenvalue weighted by atomic mass is 16.7. The number of aliphatic hydroxyl groups is 10. The van der Waals surface area contributed by atoms with Crippen LogP contribution in [0.1, 0.15) is 106 Å². The van der Waals surface area contributed by atoms with E-state index in [1.165, 1.54) is 5.57 Å². The zero-order valence-electron chi connectivity index (χ0n) is 39.7. The highest BCUT2D eigenvalue weighted by molar-refractivity contribution is 5.79. The van der Waals surface area contributed by atoms with Gasteiger partial charge in [-0.05, 0) is 104 Å². The maximum Gasteiger partial charge on any atom is 0.335 e. The van der Waals surface area contributed by atoms with E-state index in [1.807, 2.05) is 6.92 Å². The van der Waals surface area contributed by atoms with Crippen molar-refractivity contribution in [3.8, 4) is 0 Å². The number of carboxylic acids is 1. The molecule has 3 aliphatic heterocycles. The first-order valence-corrected chi connectivity index (χ1v) is 24.3. The number of esters is 1. The molecule has 386 valence electrons. The summed E-state index contributed by atoms with van der Waals surface area (Å²) in [5.74, 6) is -2.58. The summed E-state index contributed by atoms with van der Waals surface area (Å²) in [5, 5.41) is 115. The molecule has 0 amide bonds. The summed E-state index contributed by atoms with van der Waals surface area (Å²) < 4.78 is 34.9. The molecule has 0 spiro atoms. The molecule has 20 nitrogen and oxygen atoms in total. The molecule has 4 saturated carbocycles. The fourth-order valence-electron chi connectivity index (χ4n) is 14.9. The second-order valence-electron chi connectivity index (χ2n) is 23.2. The Hall–Kier alpha value is -2.25. The maximum absolute atomic E-state index is 14.7. The minimum Gasteiger partial charge on any atom is -0.479 e. The normalized spacial score (nSPS) is 53.4. The van der Waals surface area contributed by atoms with Crippen molar-refractivity contribution in [3.63, 3.8) is 0 Å². The van der Waals surface area contributed by atoms with Crippen LogP contribution in [-0.2, 0) is 42.8 Å². The lowest BCUT2D eigenvalue weighted by Crippen LogP contribution is -2.67. The second kappa shape index (κ2) is 18.4. The van der Waals surface area contributed by atoms with E-state index in [0.717, 1.165) is 12.7 Å².